The highest BCUT2D eigenvalue weighted by atomic mass is 32.2. The largest absolute Gasteiger partial charge is 0.524 e. The zero-order valence-corrected chi connectivity index (χ0v) is 8.53. The summed E-state index contributed by atoms with van der Waals surface area (Å²) in [6.07, 6.45) is -1.22. The van der Waals surface area contributed by atoms with E-state index in [-0.39, 0.29) is 6.61 Å². The molecule has 0 amide bonds. The summed E-state index contributed by atoms with van der Waals surface area (Å²) in [5.41, 5.74) is 0.753. The van der Waals surface area contributed by atoms with E-state index in [4.69, 9.17) is 4.78 Å². The number of carbonyl (C=O) groups is 1. The molecule has 0 aliphatic rings. The molecule has 1 unspecified atom stereocenters. The van der Waals surface area contributed by atoms with Gasteiger partial charge in [-0.1, -0.05) is 30.3 Å². The topological polar surface area (TPSA) is 102 Å². The third-order valence-corrected chi connectivity index (χ3v) is 1.78. The van der Waals surface area contributed by atoms with E-state index in [1.807, 2.05) is 6.07 Å². The van der Waals surface area contributed by atoms with Crippen LogP contribution in [0.15, 0.2) is 30.3 Å². The zero-order valence-electron chi connectivity index (χ0n) is 7.71. The van der Waals surface area contributed by atoms with Gasteiger partial charge < -0.3 is 8.92 Å². The first-order chi connectivity index (χ1) is 6.97. The van der Waals surface area contributed by atoms with Crippen molar-refractivity contribution in [1.29, 1.82) is 4.78 Å². The van der Waals surface area contributed by atoms with Crippen molar-refractivity contribution in [1.82, 2.24) is 0 Å². The first-order valence-corrected chi connectivity index (χ1v) is 5.48. The molecule has 0 fully saturated rings. The lowest BCUT2D eigenvalue weighted by Crippen LogP contribution is -2.19. The first kappa shape index (κ1) is 11.5. The Morgan fingerprint density at radius 1 is 1.40 bits per heavy atom. The van der Waals surface area contributed by atoms with Gasteiger partial charge in [0.05, 0.1) is 0 Å². The Morgan fingerprint density at radius 3 is 2.53 bits per heavy atom. The molecule has 0 aliphatic heterocycles. The zero-order chi connectivity index (χ0) is 11.3. The quantitative estimate of drug-likeness (QED) is 0.761. The van der Waals surface area contributed by atoms with E-state index in [1.165, 1.54) is 0 Å². The van der Waals surface area contributed by atoms with Crippen LogP contribution in [-0.4, -0.2) is 10.4 Å². The highest BCUT2D eigenvalue weighted by molar-refractivity contribution is 7.85. The van der Waals surface area contributed by atoms with Crippen LogP contribution in [0.25, 0.3) is 0 Å². The smallest absolute Gasteiger partial charge is 0.429 e. The van der Waals surface area contributed by atoms with Crippen LogP contribution in [0.1, 0.15) is 5.56 Å². The van der Waals surface area contributed by atoms with Gasteiger partial charge in [0.1, 0.15) is 6.61 Å². The lowest BCUT2D eigenvalue weighted by molar-refractivity contribution is 0.0966. The van der Waals surface area contributed by atoms with Crippen LogP contribution in [0.3, 0.4) is 0 Å². The van der Waals surface area contributed by atoms with Crippen LogP contribution < -0.4 is 5.14 Å². The van der Waals surface area contributed by atoms with Crippen molar-refractivity contribution >= 4 is 16.4 Å². The second-order valence-corrected chi connectivity index (χ2v) is 3.91. The average Bonchev–Trinajstić information content (AvgIpc) is 2.14. The molecule has 0 radical (unpaired) electrons. The van der Waals surface area contributed by atoms with Gasteiger partial charge in [0.15, 0.2) is 0 Å². The molecular weight excluding hydrogens is 220 g/mol. The molecule has 0 heterocycles. The van der Waals surface area contributed by atoms with Gasteiger partial charge in [-0.15, -0.1) is 0 Å². The maximum absolute atomic E-state index is 10.8. The summed E-state index contributed by atoms with van der Waals surface area (Å²) in [6, 6.07) is 8.86. The SMILES string of the molecule is N=S(N)(=O)OC(=O)OCc1ccccc1. The standard InChI is InChI=1S/C8H10N2O4S/c9-15(10,12)14-8(11)13-6-7-4-2-1-3-5-7/h1-5H,6H2,(H3,9,10,12). The number of benzene rings is 1. The maximum Gasteiger partial charge on any atom is 0.524 e. The molecule has 0 bridgehead atoms. The van der Waals surface area contributed by atoms with E-state index in [1.54, 1.807) is 24.3 Å². The second-order valence-electron chi connectivity index (χ2n) is 2.65. The van der Waals surface area contributed by atoms with Gasteiger partial charge in [-0.3, -0.25) is 0 Å². The summed E-state index contributed by atoms with van der Waals surface area (Å²) >= 11 is 0. The van der Waals surface area contributed by atoms with Crippen molar-refractivity contribution in [2.75, 3.05) is 0 Å². The molecule has 0 saturated heterocycles. The van der Waals surface area contributed by atoms with Crippen LogP contribution in [0.5, 0.6) is 0 Å². The van der Waals surface area contributed by atoms with Gasteiger partial charge >= 0.3 is 6.16 Å². The summed E-state index contributed by atoms with van der Waals surface area (Å²) in [7, 11) is -3.80. The van der Waals surface area contributed by atoms with Gasteiger partial charge in [0.25, 0.3) is 10.2 Å². The lowest BCUT2D eigenvalue weighted by atomic mass is 10.2. The summed E-state index contributed by atoms with van der Waals surface area (Å²) in [5, 5.41) is 4.68. The molecule has 0 saturated carbocycles. The van der Waals surface area contributed by atoms with Crippen molar-refractivity contribution in [2.45, 2.75) is 6.61 Å². The normalized spacial score (nSPS) is 13.9. The van der Waals surface area contributed by atoms with Crippen LogP contribution >= 0.6 is 0 Å². The second kappa shape index (κ2) is 4.76. The molecular formula is C8H10N2O4S. The first-order valence-electron chi connectivity index (χ1n) is 3.94. The fourth-order valence-electron chi connectivity index (χ4n) is 0.842. The van der Waals surface area contributed by atoms with E-state index in [0.717, 1.165) is 5.56 Å². The minimum Gasteiger partial charge on any atom is -0.429 e. The van der Waals surface area contributed by atoms with Gasteiger partial charge in [-0.05, 0) is 5.56 Å². The summed E-state index contributed by atoms with van der Waals surface area (Å²) in [5.74, 6) is 0. The molecule has 82 valence electrons. The monoisotopic (exact) mass is 230 g/mol. The highest BCUT2D eigenvalue weighted by Crippen LogP contribution is 2.02. The van der Waals surface area contributed by atoms with Gasteiger partial charge in [-0.25, -0.2) is 14.7 Å². The minimum atomic E-state index is -3.80. The molecule has 0 aliphatic carbocycles. The molecule has 3 N–H and O–H groups in total. The van der Waals surface area contributed by atoms with E-state index >= 15 is 0 Å². The Bertz CT molecular complexity index is 429. The van der Waals surface area contributed by atoms with Crippen molar-refractivity contribution < 1.29 is 17.9 Å². The molecule has 6 nitrogen and oxygen atoms in total. The van der Waals surface area contributed by atoms with Crippen LogP contribution in [-0.2, 0) is 25.7 Å². The van der Waals surface area contributed by atoms with Crippen molar-refractivity contribution in [3.05, 3.63) is 35.9 Å². The Balaban J connectivity index is 2.42. The summed E-state index contributed by atoms with van der Waals surface area (Å²) < 4.78 is 25.7. The highest BCUT2D eigenvalue weighted by Gasteiger charge is 2.09. The molecule has 1 rings (SSSR count). The fraction of sp³-hybridized carbons (Fsp3) is 0.125. The maximum atomic E-state index is 10.8. The van der Waals surface area contributed by atoms with Gasteiger partial charge in [0.2, 0.25) is 0 Å². The Hall–Kier alpha value is -1.60. The van der Waals surface area contributed by atoms with Gasteiger partial charge in [0, 0.05) is 0 Å². The molecule has 0 spiro atoms. The van der Waals surface area contributed by atoms with E-state index in [0.29, 0.717) is 0 Å². The van der Waals surface area contributed by atoms with E-state index < -0.39 is 16.4 Å². The molecule has 15 heavy (non-hydrogen) atoms. The number of nitrogens with two attached hydrogens (primary N) is 1. The predicted octanol–water partition coefficient (Wildman–Crippen LogP) is 1.18. The number of hydrogen-bond donors (Lipinski definition) is 2. The molecule has 1 aromatic rings. The number of rotatable bonds is 3. The van der Waals surface area contributed by atoms with Crippen LogP contribution in [0, 0.1) is 4.78 Å². The van der Waals surface area contributed by atoms with Gasteiger partial charge in [-0.2, -0.15) is 4.21 Å². The number of ether oxygens (including phenoxy) is 1. The summed E-state index contributed by atoms with van der Waals surface area (Å²) in [6.45, 7) is -0.0187. The Morgan fingerprint density at radius 2 is 2.00 bits per heavy atom. The lowest BCUT2D eigenvalue weighted by Gasteiger charge is -2.04. The van der Waals surface area contributed by atoms with Crippen LogP contribution in [0.4, 0.5) is 4.79 Å². The average molecular weight is 230 g/mol. The molecule has 7 heteroatoms. The molecule has 1 atom stereocenters. The summed E-state index contributed by atoms with van der Waals surface area (Å²) in [4.78, 5) is 10.8. The predicted molar refractivity (Wildman–Crippen MR) is 52.8 cm³/mol. The third-order valence-electron chi connectivity index (χ3n) is 1.39. The third kappa shape index (κ3) is 4.99. The van der Waals surface area contributed by atoms with E-state index in [2.05, 4.69) is 14.1 Å². The molecule has 1 aromatic carbocycles. The Labute approximate surface area is 87.3 Å². The fourth-order valence-corrected chi connectivity index (χ4v) is 1.09. The number of nitrogens with one attached hydrogen (secondary N) is 1. The number of hydrogen-bond acceptors (Lipinski definition) is 5. The minimum absolute atomic E-state index is 0.0187. The number of carbonyl (C=O) groups excluding carboxylic acids is 1. The van der Waals surface area contributed by atoms with E-state index in [9.17, 15) is 9.00 Å². The van der Waals surface area contributed by atoms with Crippen LogP contribution in [0.2, 0.25) is 0 Å². The molecule has 0 aromatic heterocycles. The van der Waals surface area contributed by atoms with Crippen molar-refractivity contribution in [3.8, 4) is 0 Å². The Kier molecular flexibility index (Phi) is 3.64. The van der Waals surface area contributed by atoms with Crippen molar-refractivity contribution in [3.63, 3.8) is 0 Å². The van der Waals surface area contributed by atoms with Crippen molar-refractivity contribution in [2.24, 2.45) is 5.14 Å².